The molecular formula is C14H13ClN2S. The summed E-state index contributed by atoms with van der Waals surface area (Å²) in [5.74, 6) is 1.05. The molecule has 92 valence electrons. The Morgan fingerprint density at radius 1 is 1.33 bits per heavy atom. The van der Waals surface area contributed by atoms with Gasteiger partial charge in [-0.1, -0.05) is 24.6 Å². The molecule has 0 spiro atoms. The third-order valence-corrected chi connectivity index (χ3v) is 4.00. The molecule has 2 nitrogen and oxygen atoms in total. The van der Waals surface area contributed by atoms with Gasteiger partial charge in [0, 0.05) is 11.6 Å². The molecule has 0 radical (unpaired) electrons. The fourth-order valence-electron chi connectivity index (χ4n) is 2.15. The summed E-state index contributed by atoms with van der Waals surface area (Å²) in [6.07, 6.45) is 1.09. The van der Waals surface area contributed by atoms with Crippen LogP contribution in [-0.4, -0.2) is 9.55 Å². The zero-order chi connectivity index (χ0) is 12.5. The molecule has 18 heavy (non-hydrogen) atoms. The second kappa shape index (κ2) is 4.75. The van der Waals surface area contributed by atoms with Crippen molar-refractivity contribution < 1.29 is 0 Å². The average Bonchev–Trinajstić information content (AvgIpc) is 2.97. The summed E-state index contributed by atoms with van der Waals surface area (Å²) in [6, 6.07) is 10.1. The fraction of sp³-hybridized carbons (Fsp3) is 0.214. The minimum atomic E-state index is 0.737. The highest BCUT2D eigenvalue weighted by Crippen LogP contribution is 2.29. The zero-order valence-corrected chi connectivity index (χ0v) is 11.6. The summed E-state index contributed by atoms with van der Waals surface area (Å²) in [5.41, 5.74) is 2.13. The molecule has 0 atom stereocenters. The van der Waals surface area contributed by atoms with E-state index < -0.39 is 0 Å². The van der Waals surface area contributed by atoms with Crippen LogP contribution >= 0.6 is 22.9 Å². The quantitative estimate of drug-likeness (QED) is 0.670. The van der Waals surface area contributed by atoms with Crippen molar-refractivity contribution in [3.05, 3.63) is 40.7 Å². The van der Waals surface area contributed by atoms with E-state index in [1.165, 1.54) is 4.88 Å². The first-order chi connectivity index (χ1) is 8.79. The Hall–Kier alpha value is -1.32. The lowest BCUT2D eigenvalue weighted by Crippen LogP contribution is -1.98. The molecule has 0 saturated heterocycles. The Kier molecular flexibility index (Phi) is 3.10. The highest BCUT2D eigenvalue weighted by Gasteiger charge is 2.12. The molecule has 0 aliphatic rings. The lowest BCUT2D eigenvalue weighted by Gasteiger charge is -2.05. The van der Waals surface area contributed by atoms with Gasteiger partial charge in [-0.2, -0.15) is 0 Å². The van der Waals surface area contributed by atoms with Crippen LogP contribution in [0.1, 0.15) is 13.3 Å². The molecule has 0 aliphatic heterocycles. The smallest absolute Gasteiger partial charge is 0.151 e. The van der Waals surface area contributed by atoms with E-state index in [0.29, 0.717) is 0 Å². The van der Waals surface area contributed by atoms with Gasteiger partial charge in [-0.3, -0.25) is 0 Å². The highest BCUT2D eigenvalue weighted by atomic mass is 35.5. The third kappa shape index (κ3) is 1.93. The van der Waals surface area contributed by atoms with Gasteiger partial charge in [-0.05, 0) is 36.1 Å². The third-order valence-electron chi connectivity index (χ3n) is 2.90. The number of benzene rings is 1. The molecular weight excluding hydrogens is 264 g/mol. The van der Waals surface area contributed by atoms with E-state index in [9.17, 15) is 0 Å². The topological polar surface area (TPSA) is 17.8 Å². The Morgan fingerprint density at radius 3 is 2.94 bits per heavy atom. The molecule has 1 aromatic carbocycles. The number of hydrogen-bond acceptors (Lipinski definition) is 2. The van der Waals surface area contributed by atoms with Crippen LogP contribution in [0.5, 0.6) is 0 Å². The maximum Gasteiger partial charge on any atom is 0.151 e. The Morgan fingerprint density at radius 2 is 2.22 bits per heavy atom. The van der Waals surface area contributed by atoms with E-state index in [4.69, 9.17) is 16.6 Å². The second-order valence-corrected chi connectivity index (χ2v) is 5.58. The minimum Gasteiger partial charge on any atom is -0.323 e. The summed E-state index contributed by atoms with van der Waals surface area (Å²) < 4.78 is 2.28. The van der Waals surface area contributed by atoms with Crippen molar-refractivity contribution in [1.82, 2.24) is 9.55 Å². The van der Waals surface area contributed by atoms with Gasteiger partial charge < -0.3 is 4.57 Å². The van der Waals surface area contributed by atoms with E-state index in [1.54, 1.807) is 11.3 Å². The molecule has 0 aliphatic carbocycles. The SMILES string of the molecule is CCCn1c(-c2cccs2)nc2cc(Cl)ccc21. The second-order valence-electron chi connectivity index (χ2n) is 4.20. The highest BCUT2D eigenvalue weighted by molar-refractivity contribution is 7.13. The predicted octanol–water partition coefficient (Wildman–Crippen LogP) is 4.83. The lowest BCUT2D eigenvalue weighted by atomic mass is 10.3. The summed E-state index contributed by atoms with van der Waals surface area (Å²) in [5, 5.41) is 2.82. The van der Waals surface area contributed by atoms with Gasteiger partial charge in [-0.15, -0.1) is 11.3 Å². The van der Waals surface area contributed by atoms with Crippen LogP contribution in [-0.2, 0) is 6.54 Å². The lowest BCUT2D eigenvalue weighted by molar-refractivity contribution is 0.705. The monoisotopic (exact) mass is 276 g/mol. The summed E-state index contributed by atoms with van der Waals surface area (Å²) in [7, 11) is 0. The molecule has 2 aromatic heterocycles. The molecule has 0 bridgehead atoms. The van der Waals surface area contributed by atoms with Crippen molar-refractivity contribution in [3.63, 3.8) is 0 Å². The molecule has 3 rings (SSSR count). The maximum absolute atomic E-state index is 6.04. The first-order valence-electron chi connectivity index (χ1n) is 5.99. The van der Waals surface area contributed by atoms with Gasteiger partial charge in [0.2, 0.25) is 0 Å². The minimum absolute atomic E-state index is 0.737. The summed E-state index contributed by atoms with van der Waals surface area (Å²) in [4.78, 5) is 5.93. The van der Waals surface area contributed by atoms with Crippen LogP contribution in [0.15, 0.2) is 35.7 Å². The van der Waals surface area contributed by atoms with Gasteiger partial charge in [0.05, 0.1) is 15.9 Å². The number of thiophene rings is 1. The van der Waals surface area contributed by atoms with Crippen molar-refractivity contribution in [2.45, 2.75) is 19.9 Å². The normalized spacial score (nSPS) is 11.2. The van der Waals surface area contributed by atoms with E-state index >= 15 is 0 Å². The predicted molar refractivity (Wildman–Crippen MR) is 78.3 cm³/mol. The first kappa shape index (κ1) is 11.8. The summed E-state index contributed by atoms with van der Waals surface area (Å²) in [6.45, 7) is 3.16. The molecule has 0 amide bonds. The van der Waals surface area contributed by atoms with Gasteiger partial charge in [-0.25, -0.2) is 4.98 Å². The summed E-state index contributed by atoms with van der Waals surface area (Å²) >= 11 is 7.75. The number of fused-ring (bicyclic) bond motifs is 1. The van der Waals surface area contributed by atoms with Crippen molar-refractivity contribution in [3.8, 4) is 10.7 Å². The number of imidazole rings is 1. The fourth-order valence-corrected chi connectivity index (χ4v) is 3.04. The van der Waals surface area contributed by atoms with E-state index in [-0.39, 0.29) is 0 Å². The van der Waals surface area contributed by atoms with Gasteiger partial charge in [0.15, 0.2) is 5.82 Å². The van der Waals surface area contributed by atoms with Crippen LogP contribution in [0.2, 0.25) is 5.02 Å². The van der Waals surface area contributed by atoms with Gasteiger partial charge in [0.25, 0.3) is 0 Å². The van der Waals surface area contributed by atoms with Crippen LogP contribution in [0.25, 0.3) is 21.7 Å². The van der Waals surface area contributed by atoms with Crippen molar-refractivity contribution in [1.29, 1.82) is 0 Å². The molecule has 0 fully saturated rings. The molecule has 0 unspecified atom stereocenters. The number of aromatic nitrogens is 2. The maximum atomic E-state index is 6.04. The Balaban J connectivity index is 2.26. The number of nitrogens with zero attached hydrogens (tertiary/aromatic N) is 2. The standard InChI is InChI=1S/C14H13ClN2S/c1-2-7-17-12-6-5-10(15)9-11(12)16-14(17)13-4-3-8-18-13/h3-6,8-9H,2,7H2,1H3. The van der Waals surface area contributed by atoms with Crippen molar-refractivity contribution in [2.24, 2.45) is 0 Å². The molecule has 3 aromatic rings. The van der Waals surface area contributed by atoms with Gasteiger partial charge in [0.1, 0.15) is 0 Å². The van der Waals surface area contributed by atoms with Crippen molar-refractivity contribution >= 4 is 34.0 Å². The van der Waals surface area contributed by atoms with E-state index in [1.807, 2.05) is 12.1 Å². The average molecular weight is 277 g/mol. The first-order valence-corrected chi connectivity index (χ1v) is 7.25. The number of rotatable bonds is 3. The van der Waals surface area contributed by atoms with E-state index in [0.717, 1.165) is 34.8 Å². The van der Waals surface area contributed by atoms with Crippen molar-refractivity contribution in [2.75, 3.05) is 0 Å². The van der Waals surface area contributed by atoms with Crippen LogP contribution in [0, 0.1) is 0 Å². The van der Waals surface area contributed by atoms with Gasteiger partial charge >= 0.3 is 0 Å². The Labute approximate surface area is 115 Å². The number of hydrogen-bond donors (Lipinski definition) is 0. The number of halogens is 1. The largest absolute Gasteiger partial charge is 0.323 e. The molecule has 0 N–H and O–H groups in total. The zero-order valence-electron chi connectivity index (χ0n) is 10.1. The molecule has 2 heterocycles. The molecule has 4 heteroatoms. The van der Waals surface area contributed by atoms with E-state index in [2.05, 4.69) is 35.1 Å². The van der Waals surface area contributed by atoms with Crippen LogP contribution < -0.4 is 0 Å². The van der Waals surface area contributed by atoms with Crippen LogP contribution in [0.3, 0.4) is 0 Å². The number of aryl methyl sites for hydroxylation is 1. The Bertz CT molecular complexity index is 670. The van der Waals surface area contributed by atoms with Crippen LogP contribution in [0.4, 0.5) is 0 Å². The molecule has 0 saturated carbocycles.